The maximum absolute atomic E-state index is 13.3. The first-order chi connectivity index (χ1) is 14.1. The molecule has 2 amide bonds. The molecule has 3 aliphatic rings. The van der Waals surface area contributed by atoms with Gasteiger partial charge >= 0.3 is 0 Å². The van der Waals surface area contributed by atoms with Crippen LogP contribution in [0.3, 0.4) is 0 Å². The molecule has 0 bridgehead atoms. The molecular weight excluding hydrogens is 366 g/mol. The molecule has 7 nitrogen and oxygen atoms in total. The molecule has 2 aliphatic heterocycles. The Labute approximate surface area is 173 Å². The molecule has 1 atom stereocenters. The number of hydrogen-bond donors (Lipinski definition) is 1. The van der Waals surface area contributed by atoms with Crippen LogP contribution in [0.4, 0.5) is 5.82 Å². The molecule has 1 aliphatic carbocycles. The molecule has 1 saturated carbocycles. The number of rotatable bonds is 3. The summed E-state index contributed by atoms with van der Waals surface area (Å²) in [5.41, 5.74) is 2.03. The molecule has 0 aromatic carbocycles. The Balaban J connectivity index is 1.62. The lowest BCUT2D eigenvalue weighted by Gasteiger charge is -2.38. The van der Waals surface area contributed by atoms with E-state index in [1.807, 2.05) is 11.9 Å². The third-order valence-corrected chi connectivity index (χ3v) is 6.80. The normalized spacial score (nSPS) is 22.9. The summed E-state index contributed by atoms with van der Waals surface area (Å²) in [5, 5.41) is 3.21. The van der Waals surface area contributed by atoms with Gasteiger partial charge in [0, 0.05) is 45.0 Å². The van der Waals surface area contributed by atoms with Crippen LogP contribution < -0.4 is 5.32 Å². The van der Waals surface area contributed by atoms with E-state index < -0.39 is 0 Å². The van der Waals surface area contributed by atoms with Crippen molar-refractivity contribution in [1.82, 2.24) is 19.8 Å². The highest BCUT2D eigenvalue weighted by Gasteiger charge is 2.35. The van der Waals surface area contributed by atoms with Gasteiger partial charge in [0.15, 0.2) is 5.82 Å². The Hall–Kier alpha value is -2.18. The van der Waals surface area contributed by atoms with Gasteiger partial charge in [-0.1, -0.05) is 19.3 Å². The second-order valence-electron chi connectivity index (χ2n) is 8.67. The lowest BCUT2D eigenvalue weighted by Crippen LogP contribution is -2.43. The highest BCUT2D eigenvalue weighted by atomic mass is 16.2. The van der Waals surface area contributed by atoms with Gasteiger partial charge in [0.25, 0.3) is 0 Å². The predicted molar refractivity (Wildman–Crippen MR) is 111 cm³/mol. The van der Waals surface area contributed by atoms with E-state index in [1.54, 1.807) is 6.92 Å². The highest BCUT2D eigenvalue weighted by molar-refractivity contribution is 5.79. The van der Waals surface area contributed by atoms with Gasteiger partial charge in [0.05, 0.1) is 18.3 Å². The van der Waals surface area contributed by atoms with Gasteiger partial charge in [-0.05, 0) is 32.1 Å². The Morgan fingerprint density at radius 3 is 2.48 bits per heavy atom. The zero-order valence-electron chi connectivity index (χ0n) is 17.7. The Kier molecular flexibility index (Phi) is 6.01. The number of carbonyl (C=O) groups excluding carboxylic acids is 2. The van der Waals surface area contributed by atoms with E-state index in [0.717, 1.165) is 68.0 Å². The first-order valence-corrected chi connectivity index (χ1v) is 11.2. The number of anilines is 1. The third-order valence-electron chi connectivity index (χ3n) is 6.80. The topological polar surface area (TPSA) is 78.4 Å². The van der Waals surface area contributed by atoms with Crippen molar-refractivity contribution in [2.75, 3.05) is 25.5 Å². The van der Waals surface area contributed by atoms with E-state index in [4.69, 9.17) is 9.97 Å². The number of nitrogens with zero attached hydrogens (tertiary/aromatic N) is 4. The summed E-state index contributed by atoms with van der Waals surface area (Å²) in [6, 6.07) is -0.0265. The minimum atomic E-state index is -0.0265. The Bertz CT molecular complexity index is 757. The number of nitrogens with one attached hydrogen (secondary N) is 1. The van der Waals surface area contributed by atoms with E-state index in [0.29, 0.717) is 19.0 Å². The van der Waals surface area contributed by atoms with Gasteiger partial charge in [-0.25, -0.2) is 9.97 Å². The average Bonchev–Trinajstić information content (AvgIpc) is 2.78. The smallest absolute Gasteiger partial charge is 0.226 e. The van der Waals surface area contributed by atoms with Crippen molar-refractivity contribution < 1.29 is 9.59 Å². The van der Waals surface area contributed by atoms with Crippen molar-refractivity contribution >= 4 is 17.6 Å². The number of piperidine rings is 1. The fourth-order valence-electron chi connectivity index (χ4n) is 5.11. The molecule has 1 N–H and O–H groups in total. The Morgan fingerprint density at radius 1 is 1.00 bits per heavy atom. The maximum atomic E-state index is 13.3. The number of likely N-dealkylation sites (tertiary alicyclic amines) is 1. The monoisotopic (exact) mass is 399 g/mol. The molecule has 0 unspecified atom stereocenters. The summed E-state index contributed by atoms with van der Waals surface area (Å²) in [6.45, 7) is 3.66. The molecule has 29 heavy (non-hydrogen) atoms. The van der Waals surface area contributed by atoms with E-state index in [1.165, 1.54) is 19.3 Å². The number of aromatic nitrogens is 2. The third kappa shape index (κ3) is 4.09. The fraction of sp³-hybridized carbons (Fsp3) is 0.727. The summed E-state index contributed by atoms with van der Waals surface area (Å²) in [5.74, 6) is 2.14. The number of amides is 2. The SMILES string of the molecule is CNc1nc([C@@H]2CCCCN2C(=O)C2CCCCC2)nc2c1CN(C(C)=O)CC2. The van der Waals surface area contributed by atoms with Crippen LogP contribution in [0.1, 0.15) is 81.4 Å². The largest absolute Gasteiger partial charge is 0.373 e. The van der Waals surface area contributed by atoms with Crippen LogP contribution in [0.25, 0.3) is 0 Å². The van der Waals surface area contributed by atoms with Crippen molar-refractivity contribution in [3.63, 3.8) is 0 Å². The molecule has 1 saturated heterocycles. The highest BCUT2D eigenvalue weighted by Crippen LogP contribution is 2.35. The van der Waals surface area contributed by atoms with Crippen LogP contribution in [0.15, 0.2) is 0 Å². The minimum Gasteiger partial charge on any atom is -0.373 e. The second kappa shape index (κ2) is 8.67. The van der Waals surface area contributed by atoms with E-state index in [9.17, 15) is 9.59 Å². The molecule has 1 aromatic rings. The van der Waals surface area contributed by atoms with Gasteiger partial charge in [0.1, 0.15) is 5.82 Å². The van der Waals surface area contributed by atoms with Crippen LogP contribution in [0, 0.1) is 5.92 Å². The quantitative estimate of drug-likeness (QED) is 0.845. The molecule has 0 spiro atoms. The van der Waals surface area contributed by atoms with Crippen LogP contribution in [-0.2, 0) is 22.6 Å². The number of fused-ring (bicyclic) bond motifs is 1. The summed E-state index contributed by atoms with van der Waals surface area (Å²) < 4.78 is 0. The van der Waals surface area contributed by atoms with E-state index in [-0.39, 0.29) is 17.9 Å². The summed E-state index contributed by atoms with van der Waals surface area (Å²) >= 11 is 0. The van der Waals surface area contributed by atoms with Crippen molar-refractivity contribution in [1.29, 1.82) is 0 Å². The first kappa shape index (κ1) is 20.1. The molecule has 0 radical (unpaired) electrons. The van der Waals surface area contributed by atoms with Crippen molar-refractivity contribution in [2.45, 2.75) is 77.3 Å². The average molecular weight is 400 g/mol. The molecule has 2 fully saturated rings. The molecule has 1 aromatic heterocycles. The zero-order chi connectivity index (χ0) is 20.4. The lowest BCUT2D eigenvalue weighted by atomic mass is 9.87. The minimum absolute atomic E-state index is 0.0265. The van der Waals surface area contributed by atoms with E-state index in [2.05, 4.69) is 10.2 Å². The van der Waals surface area contributed by atoms with Gasteiger partial charge in [-0.15, -0.1) is 0 Å². The zero-order valence-corrected chi connectivity index (χ0v) is 17.7. The van der Waals surface area contributed by atoms with Crippen molar-refractivity contribution in [2.24, 2.45) is 5.92 Å². The predicted octanol–water partition coefficient (Wildman–Crippen LogP) is 3.06. The Morgan fingerprint density at radius 2 is 1.76 bits per heavy atom. The molecule has 7 heteroatoms. The van der Waals surface area contributed by atoms with Gasteiger partial charge in [-0.3, -0.25) is 9.59 Å². The molecular formula is C22H33N5O2. The maximum Gasteiger partial charge on any atom is 0.226 e. The van der Waals surface area contributed by atoms with Crippen LogP contribution >= 0.6 is 0 Å². The summed E-state index contributed by atoms with van der Waals surface area (Å²) in [7, 11) is 1.87. The molecule has 3 heterocycles. The summed E-state index contributed by atoms with van der Waals surface area (Å²) in [6.07, 6.45) is 9.47. The second-order valence-corrected chi connectivity index (χ2v) is 8.67. The van der Waals surface area contributed by atoms with Crippen LogP contribution in [0.5, 0.6) is 0 Å². The van der Waals surface area contributed by atoms with Gasteiger partial charge < -0.3 is 15.1 Å². The van der Waals surface area contributed by atoms with E-state index >= 15 is 0 Å². The standard InChI is InChI=1S/C22H33N5O2/c1-15(28)26-13-11-18-17(14-26)20(23-2)25-21(24-18)19-10-6-7-12-27(19)22(29)16-8-4-3-5-9-16/h16,19H,3-14H2,1-2H3,(H,23,24,25)/t19-/m0/s1. The number of hydrogen-bond acceptors (Lipinski definition) is 5. The number of carbonyl (C=O) groups is 2. The van der Waals surface area contributed by atoms with Crippen molar-refractivity contribution in [3.05, 3.63) is 17.1 Å². The van der Waals surface area contributed by atoms with Crippen LogP contribution in [0.2, 0.25) is 0 Å². The molecule has 158 valence electrons. The van der Waals surface area contributed by atoms with Gasteiger partial charge in [0.2, 0.25) is 11.8 Å². The van der Waals surface area contributed by atoms with Crippen molar-refractivity contribution in [3.8, 4) is 0 Å². The lowest BCUT2D eigenvalue weighted by molar-refractivity contribution is -0.140. The van der Waals surface area contributed by atoms with Gasteiger partial charge in [-0.2, -0.15) is 0 Å². The summed E-state index contributed by atoms with van der Waals surface area (Å²) in [4.78, 5) is 38.8. The van der Waals surface area contributed by atoms with Crippen LogP contribution in [-0.4, -0.2) is 51.7 Å². The first-order valence-electron chi connectivity index (χ1n) is 11.2. The fourth-order valence-corrected chi connectivity index (χ4v) is 5.11. The molecule has 4 rings (SSSR count).